The SMILES string of the molecule is COc1ccc(-c2cn[nH][n+]2-c2cc(C)c(C)c(OC)c2)cc1S[P+](=O)[O-]. The van der Waals surface area contributed by atoms with Crippen molar-refractivity contribution in [2.45, 2.75) is 18.7 Å². The number of hydrogen-bond acceptors (Lipinski definition) is 6. The zero-order valence-electron chi connectivity index (χ0n) is 15.3. The van der Waals surface area contributed by atoms with Crippen LogP contribution in [0.15, 0.2) is 41.4 Å². The van der Waals surface area contributed by atoms with Gasteiger partial charge in [-0.2, -0.15) is 0 Å². The molecular weight excluding hydrogens is 385 g/mol. The summed E-state index contributed by atoms with van der Waals surface area (Å²) < 4.78 is 23.7. The van der Waals surface area contributed by atoms with Gasteiger partial charge < -0.3 is 14.4 Å². The zero-order valence-corrected chi connectivity index (χ0v) is 17.1. The second kappa shape index (κ2) is 8.08. The number of nitrogens with one attached hydrogen (secondary N) is 1. The second-order valence-corrected chi connectivity index (χ2v) is 8.36. The van der Waals surface area contributed by atoms with Gasteiger partial charge in [0.05, 0.1) is 14.2 Å². The Morgan fingerprint density at radius 2 is 1.89 bits per heavy atom. The summed E-state index contributed by atoms with van der Waals surface area (Å²) in [7, 11) is 0.506. The van der Waals surface area contributed by atoms with Gasteiger partial charge in [-0.25, -0.2) is 0 Å². The van der Waals surface area contributed by atoms with Crippen LogP contribution in [-0.4, -0.2) is 24.5 Å². The molecule has 0 radical (unpaired) electrons. The molecule has 0 saturated heterocycles. The molecule has 0 saturated carbocycles. The van der Waals surface area contributed by atoms with Gasteiger partial charge in [0.2, 0.25) is 11.9 Å². The molecular formula is C18H19N3O4PS+. The predicted octanol–water partition coefficient (Wildman–Crippen LogP) is 3.10. The Hall–Kier alpha value is -2.41. The fraction of sp³-hybridized carbons (Fsp3) is 0.222. The van der Waals surface area contributed by atoms with E-state index in [0.29, 0.717) is 10.6 Å². The van der Waals surface area contributed by atoms with Gasteiger partial charge in [0.15, 0.2) is 17.1 Å². The number of hydrogen-bond donors (Lipinski definition) is 1. The number of methoxy groups -OCH3 is 2. The third-order valence-corrected chi connectivity index (χ3v) is 6.00. The summed E-state index contributed by atoms with van der Waals surface area (Å²) >= 11 is 0.742. The van der Waals surface area contributed by atoms with Gasteiger partial charge in [-0.15, -0.1) is 4.68 Å². The molecule has 1 atom stereocenters. The van der Waals surface area contributed by atoms with Crippen LogP contribution in [0.2, 0.25) is 0 Å². The van der Waals surface area contributed by atoms with E-state index >= 15 is 0 Å². The number of ether oxygens (including phenoxy) is 2. The molecule has 0 bridgehead atoms. The lowest BCUT2D eigenvalue weighted by Gasteiger charge is -2.10. The summed E-state index contributed by atoms with van der Waals surface area (Å²) in [5, 5.41) is 7.12. The van der Waals surface area contributed by atoms with Gasteiger partial charge in [-0.1, -0.05) is 9.78 Å². The summed E-state index contributed by atoms with van der Waals surface area (Å²) in [6, 6.07) is 9.34. The third kappa shape index (κ3) is 3.98. The highest BCUT2D eigenvalue weighted by Crippen LogP contribution is 2.43. The van der Waals surface area contributed by atoms with E-state index in [1.54, 1.807) is 25.4 Å². The van der Waals surface area contributed by atoms with Crippen LogP contribution in [0, 0.1) is 13.8 Å². The van der Waals surface area contributed by atoms with Gasteiger partial charge in [0.25, 0.3) is 0 Å². The summed E-state index contributed by atoms with van der Waals surface area (Å²) in [4.78, 5) is 11.7. The molecule has 1 unspecified atom stereocenters. The number of nitrogens with zero attached hydrogens (tertiary/aromatic N) is 2. The molecule has 2 aromatic carbocycles. The minimum atomic E-state index is -2.64. The first-order chi connectivity index (χ1) is 12.9. The monoisotopic (exact) mass is 404 g/mol. The van der Waals surface area contributed by atoms with Gasteiger partial charge in [-0.05, 0) is 49.2 Å². The molecule has 3 rings (SSSR count). The molecule has 140 valence electrons. The van der Waals surface area contributed by atoms with Crippen LogP contribution < -0.4 is 19.0 Å². The van der Waals surface area contributed by atoms with Gasteiger partial charge in [0, 0.05) is 16.7 Å². The Balaban J connectivity index is 2.11. The van der Waals surface area contributed by atoms with Crippen LogP contribution in [-0.2, 0) is 4.57 Å². The van der Waals surface area contributed by atoms with Gasteiger partial charge >= 0.3 is 7.23 Å². The van der Waals surface area contributed by atoms with Crippen molar-refractivity contribution in [2.24, 2.45) is 0 Å². The highest BCUT2D eigenvalue weighted by atomic mass is 32.7. The van der Waals surface area contributed by atoms with Crippen molar-refractivity contribution in [2.75, 3.05) is 14.2 Å². The molecule has 9 heteroatoms. The largest absolute Gasteiger partial charge is 0.584 e. The maximum Gasteiger partial charge on any atom is 0.389 e. The highest BCUT2D eigenvalue weighted by molar-refractivity contribution is 8.49. The molecule has 0 spiro atoms. The second-order valence-electron chi connectivity index (χ2n) is 5.85. The predicted molar refractivity (Wildman–Crippen MR) is 102 cm³/mol. The molecule has 0 amide bonds. The van der Waals surface area contributed by atoms with Crippen LogP contribution in [0.25, 0.3) is 16.9 Å². The Bertz CT molecular complexity index is 1010. The standard InChI is InChI=1S/C18H18N3O4PS/c1-11-7-14(9-17(25-4)12(11)2)21-15(10-19-20-21)13-5-6-16(24-3)18(8-13)27-26(22)23/h5-10H,1-4H3/p+1. The fourth-order valence-corrected chi connectivity index (χ4v) is 4.29. The maximum atomic E-state index is 11.2. The topological polar surface area (TPSA) is 91.2 Å². The van der Waals surface area contributed by atoms with Crippen LogP contribution in [0.1, 0.15) is 11.1 Å². The minimum Gasteiger partial charge on any atom is -0.584 e. The Labute approximate surface area is 161 Å². The van der Waals surface area contributed by atoms with E-state index in [1.165, 1.54) is 7.11 Å². The Kier molecular flexibility index (Phi) is 5.79. The van der Waals surface area contributed by atoms with Crippen LogP contribution in [0.4, 0.5) is 0 Å². The fourth-order valence-electron chi connectivity index (χ4n) is 2.80. The quantitative estimate of drug-likeness (QED) is 0.502. The number of H-pyrrole nitrogens is 1. The van der Waals surface area contributed by atoms with Crippen LogP contribution >= 0.6 is 18.6 Å². The van der Waals surface area contributed by atoms with Crippen molar-refractivity contribution in [3.8, 4) is 28.4 Å². The molecule has 0 aliphatic heterocycles. The van der Waals surface area contributed by atoms with E-state index in [2.05, 4.69) is 10.3 Å². The van der Waals surface area contributed by atoms with Crippen LogP contribution in [0.3, 0.4) is 0 Å². The average Bonchev–Trinajstić information content (AvgIpc) is 3.13. The van der Waals surface area contributed by atoms with E-state index in [1.807, 2.05) is 36.7 Å². The lowest BCUT2D eigenvalue weighted by atomic mass is 10.1. The maximum absolute atomic E-state index is 11.2. The van der Waals surface area contributed by atoms with Crippen molar-refractivity contribution in [1.29, 1.82) is 0 Å². The third-order valence-electron chi connectivity index (χ3n) is 4.30. The van der Waals surface area contributed by atoms with Crippen molar-refractivity contribution >= 4 is 18.6 Å². The summed E-state index contributed by atoms with van der Waals surface area (Å²) in [6.45, 7) is 4.03. The summed E-state index contributed by atoms with van der Waals surface area (Å²) in [5.41, 5.74) is 4.62. The van der Waals surface area contributed by atoms with Gasteiger partial charge in [-0.3, -0.25) is 0 Å². The molecule has 1 N–H and O–H groups in total. The molecule has 0 aliphatic rings. The van der Waals surface area contributed by atoms with Crippen molar-refractivity contribution in [1.82, 2.24) is 10.3 Å². The molecule has 1 heterocycles. The van der Waals surface area contributed by atoms with E-state index in [4.69, 9.17) is 9.47 Å². The lowest BCUT2D eigenvalue weighted by Crippen LogP contribution is -2.35. The summed E-state index contributed by atoms with van der Waals surface area (Å²) in [5.74, 6) is 1.29. The number of aromatic amines is 1. The zero-order chi connectivity index (χ0) is 19.6. The Morgan fingerprint density at radius 3 is 2.56 bits per heavy atom. The van der Waals surface area contributed by atoms with Crippen LogP contribution in [0.5, 0.6) is 11.5 Å². The van der Waals surface area contributed by atoms with E-state index in [9.17, 15) is 9.46 Å². The molecule has 27 heavy (non-hydrogen) atoms. The Morgan fingerprint density at radius 1 is 1.15 bits per heavy atom. The lowest BCUT2D eigenvalue weighted by molar-refractivity contribution is -0.648. The average molecular weight is 404 g/mol. The molecule has 7 nitrogen and oxygen atoms in total. The van der Waals surface area contributed by atoms with Gasteiger partial charge in [0.1, 0.15) is 16.4 Å². The normalized spacial score (nSPS) is 11.4. The number of aromatic nitrogens is 3. The number of rotatable bonds is 6. The number of benzene rings is 2. The molecule has 0 aliphatic carbocycles. The van der Waals surface area contributed by atoms with E-state index < -0.39 is 7.23 Å². The van der Waals surface area contributed by atoms with E-state index in [0.717, 1.165) is 45.2 Å². The highest BCUT2D eigenvalue weighted by Gasteiger charge is 2.21. The van der Waals surface area contributed by atoms with E-state index in [-0.39, 0.29) is 0 Å². The van der Waals surface area contributed by atoms with Crippen molar-refractivity contribution in [3.05, 3.63) is 47.7 Å². The molecule has 1 aromatic heterocycles. The summed E-state index contributed by atoms with van der Waals surface area (Å²) in [6.07, 6.45) is 1.69. The smallest absolute Gasteiger partial charge is 0.389 e. The number of aryl methyl sites for hydroxylation is 1. The first kappa shape index (κ1) is 19.4. The molecule has 0 fully saturated rings. The first-order valence-electron chi connectivity index (χ1n) is 8.06. The van der Waals surface area contributed by atoms with Crippen molar-refractivity contribution < 1.29 is 23.6 Å². The molecule has 3 aromatic rings. The first-order valence-corrected chi connectivity index (χ1v) is 10.7. The minimum absolute atomic E-state index is 0.505. The van der Waals surface area contributed by atoms with Crippen molar-refractivity contribution in [3.63, 3.8) is 0 Å².